The number of imidazole rings is 1. The Morgan fingerprint density at radius 1 is 1.30 bits per heavy atom. The maximum absolute atomic E-state index is 4.90. The quantitative estimate of drug-likeness (QED) is 0.929. The summed E-state index contributed by atoms with van der Waals surface area (Å²) in [5, 5.41) is 3.41. The Hall–Kier alpha value is -1.39. The van der Waals surface area contributed by atoms with Gasteiger partial charge in [-0.15, -0.1) is 0 Å². The SMILES string of the molecule is Cc1cccn2c(CN3CCNCC3)c(C(C)C)nc12. The lowest BCUT2D eigenvalue weighted by molar-refractivity contribution is 0.229. The number of nitrogens with zero attached hydrogens (tertiary/aromatic N) is 3. The normalized spacial score (nSPS) is 17.2. The summed E-state index contributed by atoms with van der Waals surface area (Å²) >= 11 is 0. The van der Waals surface area contributed by atoms with Crippen LogP contribution in [0.15, 0.2) is 18.3 Å². The van der Waals surface area contributed by atoms with Gasteiger partial charge in [-0.25, -0.2) is 4.98 Å². The molecule has 3 rings (SSSR count). The minimum Gasteiger partial charge on any atom is -0.314 e. The average Bonchev–Trinajstić information content (AvgIpc) is 2.81. The highest BCUT2D eigenvalue weighted by molar-refractivity contribution is 5.50. The average molecular weight is 272 g/mol. The predicted octanol–water partition coefficient (Wildman–Crippen LogP) is 2.17. The number of hydrogen-bond acceptors (Lipinski definition) is 3. The van der Waals surface area contributed by atoms with E-state index in [1.54, 1.807) is 0 Å². The van der Waals surface area contributed by atoms with Crippen LogP contribution >= 0.6 is 0 Å². The summed E-state index contributed by atoms with van der Waals surface area (Å²) in [6.07, 6.45) is 2.15. The van der Waals surface area contributed by atoms with Crippen LogP contribution < -0.4 is 5.32 Å². The van der Waals surface area contributed by atoms with E-state index in [0.717, 1.165) is 38.4 Å². The Morgan fingerprint density at radius 3 is 2.75 bits per heavy atom. The van der Waals surface area contributed by atoms with Crippen LogP contribution in [0.4, 0.5) is 0 Å². The van der Waals surface area contributed by atoms with Crippen LogP contribution in [0.2, 0.25) is 0 Å². The van der Waals surface area contributed by atoms with Gasteiger partial charge in [0.2, 0.25) is 0 Å². The molecule has 0 saturated carbocycles. The van der Waals surface area contributed by atoms with Gasteiger partial charge in [-0.05, 0) is 24.5 Å². The van der Waals surface area contributed by atoms with Crippen molar-refractivity contribution in [2.45, 2.75) is 33.2 Å². The lowest BCUT2D eigenvalue weighted by Gasteiger charge is -2.27. The fourth-order valence-electron chi connectivity index (χ4n) is 2.97. The number of piperazine rings is 1. The van der Waals surface area contributed by atoms with Gasteiger partial charge in [0.25, 0.3) is 0 Å². The smallest absolute Gasteiger partial charge is 0.140 e. The van der Waals surface area contributed by atoms with E-state index in [-0.39, 0.29) is 0 Å². The van der Waals surface area contributed by atoms with Crippen LogP contribution in [0.25, 0.3) is 5.65 Å². The molecule has 2 aromatic heterocycles. The lowest BCUT2D eigenvalue weighted by atomic mass is 10.1. The second kappa shape index (κ2) is 5.54. The second-order valence-corrected chi connectivity index (χ2v) is 6.01. The highest BCUT2D eigenvalue weighted by Crippen LogP contribution is 2.23. The van der Waals surface area contributed by atoms with Crippen molar-refractivity contribution in [3.63, 3.8) is 0 Å². The van der Waals surface area contributed by atoms with Crippen LogP contribution in [0.5, 0.6) is 0 Å². The fourth-order valence-corrected chi connectivity index (χ4v) is 2.97. The molecule has 20 heavy (non-hydrogen) atoms. The monoisotopic (exact) mass is 272 g/mol. The molecule has 0 spiro atoms. The van der Waals surface area contributed by atoms with Crippen molar-refractivity contribution in [2.75, 3.05) is 26.2 Å². The molecule has 1 aliphatic rings. The van der Waals surface area contributed by atoms with Crippen molar-refractivity contribution in [3.8, 4) is 0 Å². The number of rotatable bonds is 3. The fraction of sp³-hybridized carbons (Fsp3) is 0.562. The van der Waals surface area contributed by atoms with Gasteiger partial charge in [-0.1, -0.05) is 19.9 Å². The third kappa shape index (κ3) is 2.45. The molecule has 4 nitrogen and oxygen atoms in total. The van der Waals surface area contributed by atoms with E-state index in [1.807, 2.05) is 0 Å². The summed E-state index contributed by atoms with van der Waals surface area (Å²) in [7, 11) is 0. The van der Waals surface area contributed by atoms with Crippen molar-refractivity contribution in [1.82, 2.24) is 19.6 Å². The van der Waals surface area contributed by atoms with E-state index >= 15 is 0 Å². The molecular formula is C16H24N4. The molecule has 1 saturated heterocycles. The van der Waals surface area contributed by atoms with Crippen molar-refractivity contribution in [3.05, 3.63) is 35.3 Å². The Bertz CT molecular complexity index is 594. The molecular weight excluding hydrogens is 248 g/mol. The number of aromatic nitrogens is 2. The molecule has 3 heterocycles. The maximum Gasteiger partial charge on any atom is 0.140 e. The molecule has 1 aliphatic heterocycles. The van der Waals surface area contributed by atoms with E-state index in [9.17, 15) is 0 Å². The number of pyridine rings is 1. The minimum absolute atomic E-state index is 0.465. The first-order valence-corrected chi connectivity index (χ1v) is 7.56. The first-order valence-electron chi connectivity index (χ1n) is 7.56. The molecule has 1 N–H and O–H groups in total. The topological polar surface area (TPSA) is 32.6 Å². The highest BCUT2D eigenvalue weighted by atomic mass is 15.2. The summed E-state index contributed by atoms with van der Waals surface area (Å²) in [5.41, 5.74) is 4.97. The van der Waals surface area contributed by atoms with Crippen LogP contribution in [0.1, 0.15) is 36.7 Å². The van der Waals surface area contributed by atoms with Gasteiger partial charge in [-0.3, -0.25) is 4.90 Å². The van der Waals surface area contributed by atoms with Gasteiger partial charge in [0.05, 0.1) is 11.4 Å². The third-order valence-electron chi connectivity index (χ3n) is 4.10. The third-order valence-corrected chi connectivity index (χ3v) is 4.10. The van der Waals surface area contributed by atoms with Crippen LogP contribution in [0, 0.1) is 6.92 Å². The zero-order chi connectivity index (χ0) is 14.1. The van der Waals surface area contributed by atoms with Crippen molar-refractivity contribution >= 4 is 5.65 Å². The second-order valence-electron chi connectivity index (χ2n) is 6.01. The molecule has 0 aromatic carbocycles. The molecule has 4 heteroatoms. The summed E-state index contributed by atoms with van der Waals surface area (Å²) in [6, 6.07) is 4.26. The minimum atomic E-state index is 0.465. The number of nitrogens with one attached hydrogen (secondary N) is 1. The van der Waals surface area contributed by atoms with E-state index in [1.165, 1.54) is 17.0 Å². The molecule has 0 amide bonds. The van der Waals surface area contributed by atoms with Gasteiger partial charge >= 0.3 is 0 Å². The molecule has 0 aliphatic carbocycles. The summed E-state index contributed by atoms with van der Waals surface area (Å²) in [6.45, 7) is 12.0. The van der Waals surface area contributed by atoms with Crippen LogP contribution in [-0.4, -0.2) is 40.5 Å². The largest absolute Gasteiger partial charge is 0.314 e. The van der Waals surface area contributed by atoms with Gasteiger partial charge in [-0.2, -0.15) is 0 Å². The molecule has 1 fully saturated rings. The van der Waals surface area contributed by atoms with Crippen molar-refractivity contribution in [1.29, 1.82) is 0 Å². The molecule has 0 radical (unpaired) electrons. The van der Waals surface area contributed by atoms with Crippen LogP contribution in [0.3, 0.4) is 0 Å². The summed E-state index contributed by atoms with van der Waals surface area (Å²) in [5.74, 6) is 0.465. The van der Waals surface area contributed by atoms with E-state index in [0.29, 0.717) is 5.92 Å². The highest BCUT2D eigenvalue weighted by Gasteiger charge is 2.19. The van der Waals surface area contributed by atoms with Gasteiger partial charge in [0.1, 0.15) is 5.65 Å². The number of fused-ring (bicyclic) bond motifs is 1. The van der Waals surface area contributed by atoms with E-state index < -0.39 is 0 Å². The standard InChI is InChI=1S/C16H24N4/c1-12(2)15-14(11-19-9-6-17-7-10-19)20-8-4-5-13(3)16(20)18-15/h4-5,8,12,17H,6-7,9-11H2,1-3H3. The maximum atomic E-state index is 4.90. The number of aryl methyl sites for hydroxylation is 1. The zero-order valence-corrected chi connectivity index (χ0v) is 12.7. The molecule has 2 aromatic rings. The Kier molecular flexibility index (Phi) is 3.76. The predicted molar refractivity (Wildman–Crippen MR) is 82.2 cm³/mol. The zero-order valence-electron chi connectivity index (χ0n) is 12.7. The van der Waals surface area contributed by atoms with E-state index in [2.05, 4.69) is 53.7 Å². The number of hydrogen-bond donors (Lipinski definition) is 1. The van der Waals surface area contributed by atoms with Crippen LogP contribution in [-0.2, 0) is 6.54 Å². The van der Waals surface area contributed by atoms with Gasteiger partial charge in [0.15, 0.2) is 0 Å². The van der Waals surface area contributed by atoms with Crippen molar-refractivity contribution in [2.24, 2.45) is 0 Å². The van der Waals surface area contributed by atoms with Gasteiger partial charge < -0.3 is 9.72 Å². The molecule has 0 unspecified atom stereocenters. The molecule has 0 bridgehead atoms. The molecule has 108 valence electrons. The first-order chi connectivity index (χ1) is 9.66. The van der Waals surface area contributed by atoms with Crippen molar-refractivity contribution < 1.29 is 0 Å². The molecule has 0 atom stereocenters. The summed E-state index contributed by atoms with van der Waals surface area (Å²) < 4.78 is 2.28. The van der Waals surface area contributed by atoms with E-state index in [4.69, 9.17) is 4.98 Å². The van der Waals surface area contributed by atoms with Gasteiger partial charge in [0, 0.05) is 38.9 Å². The summed E-state index contributed by atoms with van der Waals surface area (Å²) in [4.78, 5) is 7.42. The Morgan fingerprint density at radius 2 is 2.05 bits per heavy atom. The Labute approximate surface area is 120 Å². The lowest BCUT2D eigenvalue weighted by Crippen LogP contribution is -2.43. The first kappa shape index (κ1) is 13.6. The Balaban J connectivity index is 2.02.